The summed E-state index contributed by atoms with van der Waals surface area (Å²) in [7, 11) is 0. The van der Waals surface area contributed by atoms with Gasteiger partial charge in [0.2, 0.25) is 0 Å². The van der Waals surface area contributed by atoms with Crippen molar-refractivity contribution in [3.05, 3.63) is 28.2 Å². The smallest absolute Gasteiger partial charge is 0.141 e. The SMILES string of the molecule is Cc1cc(O)c2c(c1)CCCN2N=O. The molecular formula is C10H12N2O2. The molecule has 1 aromatic rings. The summed E-state index contributed by atoms with van der Waals surface area (Å²) in [6.07, 6.45) is 1.80. The van der Waals surface area contributed by atoms with Gasteiger partial charge in [0.15, 0.2) is 0 Å². The highest BCUT2D eigenvalue weighted by molar-refractivity contribution is 5.65. The van der Waals surface area contributed by atoms with Crippen LogP contribution in [0.5, 0.6) is 5.75 Å². The van der Waals surface area contributed by atoms with Gasteiger partial charge >= 0.3 is 0 Å². The van der Waals surface area contributed by atoms with Crippen molar-refractivity contribution in [2.24, 2.45) is 5.29 Å². The molecule has 4 nitrogen and oxygen atoms in total. The third kappa shape index (κ3) is 1.32. The predicted molar refractivity (Wildman–Crippen MR) is 54.3 cm³/mol. The molecule has 0 fully saturated rings. The Hall–Kier alpha value is -1.58. The van der Waals surface area contributed by atoms with Gasteiger partial charge in [-0.25, -0.2) is 5.01 Å². The van der Waals surface area contributed by atoms with Crippen LogP contribution in [0.1, 0.15) is 17.5 Å². The second-order valence-electron chi connectivity index (χ2n) is 3.60. The maximum atomic E-state index is 10.5. The predicted octanol–water partition coefficient (Wildman–Crippen LogP) is 2.13. The highest BCUT2D eigenvalue weighted by atomic mass is 16.3. The first-order chi connectivity index (χ1) is 6.72. The Labute approximate surface area is 82.1 Å². The number of aryl methyl sites for hydroxylation is 2. The van der Waals surface area contributed by atoms with E-state index in [4.69, 9.17) is 0 Å². The van der Waals surface area contributed by atoms with Crippen LogP contribution in [0.15, 0.2) is 17.4 Å². The minimum Gasteiger partial charge on any atom is -0.506 e. The average molecular weight is 192 g/mol. The molecular weight excluding hydrogens is 180 g/mol. The molecule has 0 radical (unpaired) electrons. The van der Waals surface area contributed by atoms with Crippen LogP contribution in [0, 0.1) is 11.8 Å². The zero-order chi connectivity index (χ0) is 10.1. The number of phenols is 1. The Balaban J connectivity index is 2.56. The fourth-order valence-electron chi connectivity index (χ4n) is 1.93. The number of aromatic hydroxyl groups is 1. The Morgan fingerprint density at radius 3 is 3.00 bits per heavy atom. The fourth-order valence-corrected chi connectivity index (χ4v) is 1.93. The molecule has 2 rings (SSSR count). The van der Waals surface area contributed by atoms with Crippen molar-refractivity contribution >= 4 is 5.69 Å². The van der Waals surface area contributed by atoms with Gasteiger partial charge in [-0.1, -0.05) is 6.07 Å². The molecule has 0 unspecified atom stereocenters. The van der Waals surface area contributed by atoms with Gasteiger partial charge in [0.1, 0.15) is 11.4 Å². The van der Waals surface area contributed by atoms with Gasteiger partial charge in [-0.3, -0.25) is 0 Å². The summed E-state index contributed by atoms with van der Waals surface area (Å²) < 4.78 is 0. The van der Waals surface area contributed by atoms with E-state index in [9.17, 15) is 10.0 Å². The fraction of sp³-hybridized carbons (Fsp3) is 0.400. The molecule has 14 heavy (non-hydrogen) atoms. The van der Waals surface area contributed by atoms with Gasteiger partial charge < -0.3 is 5.11 Å². The topological polar surface area (TPSA) is 52.9 Å². The Bertz CT molecular complexity index is 377. The van der Waals surface area contributed by atoms with Crippen LogP contribution in [0.4, 0.5) is 5.69 Å². The average Bonchev–Trinajstić information content (AvgIpc) is 2.16. The lowest BCUT2D eigenvalue weighted by Gasteiger charge is -2.25. The molecule has 0 saturated carbocycles. The molecule has 0 amide bonds. The number of phenolic OH excluding ortho intramolecular Hbond substituents is 1. The van der Waals surface area contributed by atoms with Gasteiger partial charge in [0, 0.05) is 6.54 Å². The van der Waals surface area contributed by atoms with Crippen LogP contribution in [0.2, 0.25) is 0 Å². The lowest BCUT2D eigenvalue weighted by atomic mass is 10.00. The molecule has 0 saturated heterocycles. The summed E-state index contributed by atoms with van der Waals surface area (Å²) in [5.41, 5.74) is 2.60. The standard InChI is InChI=1S/C10H12N2O2/c1-7-5-8-3-2-4-12(11-14)10(8)9(13)6-7/h5-6,13H,2-4H2,1H3. The lowest BCUT2D eigenvalue weighted by molar-refractivity contribution is 0.470. The van der Waals surface area contributed by atoms with Crippen molar-refractivity contribution in [3.8, 4) is 5.75 Å². The quantitative estimate of drug-likeness (QED) is 0.693. The van der Waals surface area contributed by atoms with Gasteiger partial charge in [0.25, 0.3) is 0 Å². The van der Waals surface area contributed by atoms with Crippen LogP contribution < -0.4 is 5.01 Å². The zero-order valence-electron chi connectivity index (χ0n) is 8.03. The number of nitroso groups, excluding NO2 is 1. The first-order valence-corrected chi connectivity index (χ1v) is 4.65. The third-order valence-corrected chi connectivity index (χ3v) is 2.49. The van der Waals surface area contributed by atoms with E-state index < -0.39 is 0 Å². The van der Waals surface area contributed by atoms with E-state index in [1.54, 1.807) is 6.07 Å². The van der Waals surface area contributed by atoms with Gasteiger partial charge in [-0.2, -0.15) is 0 Å². The van der Waals surface area contributed by atoms with E-state index in [2.05, 4.69) is 5.29 Å². The van der Waals surface area contributed by atoms with E-state index in [0.29, 0.717) is 12.2 Å². The second-order valence-corrected chi connectivity index (χ2v) is 3.60. The summed E-state index contributed by atoms with van der Waals surface area (Å²) in [6.45, 7) is 2.51. The van der Waals surface area contributed by atoms with E-state index in [0.717, 1.165) is 24.0 Å². The highest BCUT2D eigenvalue weighted by Crippen LogP contribution is 2.36. The van der Waals surface area contributed by atoms with Crippen LogP contribution in [-0.4, -0.2) is 11.7 Å². The molecule has 1 N–H and O–H groups in total. The Morgan fingerprint density at radius 1 is 1.50 bits per heavy atom. The largest absolute Gasteiger partial charge is 0.506 e. The number of nitrogens with zero attached hydrogens (tertiary/aromatic N) is 2. The third-order valence-electron chi connectivity index (χ3n) is 2.49. The highest BCUT2D eigenvalue weighted by Gasteiger charge is 2.21. The number of hydrogen-bond donors (Lipinski definition) is 1. The van der Waals surface area contributed by atoms with Crippen molar-refractivity contribution in [1.29, 1.82) is 0 Å². The van der Waals surface area contributed by atoms with Crippen molar-refractivity contribution in [1.82, 2.24) is 0 Å². The van der Waals surface area contributed by atoms with Crippen LogP contribution >= 0.6 is 0 Å². The van der Waals surface area contributed by atoms with Crippen LogP contribution in [0.3, 0.4) is 0 Å². The first-order valence-electron chi connectivity index (χ1n) is 4.65. The second kappa shape index (κ2) is 3.29. The minimum atomic E-state index is 0.152. The summed E-state index contributed by atoms with van der Waals surface area (Å²) in [5, 5.41) is 13.9. The first kappa shape index (κ1) is 8.99. The Kier molecular flexibility index (Phi) is 2.11. The van der Waals surface area contributed by atoms with Crippen LogP contribution in [0.25, 0.3) is 0 Å². The molecule has 1 aliphatic heterocycles. The Morgan fingerprint density at radius 2 is 2.29 bits per heavy atom. The number of fused-ring (bicyclic) bond motifs is 1. The van der Waals surface area contributed by atoms with E-state index >= 15 is 0 Å². The van der Waals surface area contributed by atoms with E-state index in [-0.39, 0.29) is 5.75 Å². The number of rotatable bonds is 1. The maximum Gasteiger partial charge on any atom is 0.141 e. The van der Waals surface area contributed by atoms with E-state index in [1.807, 2.05) is 13.0 Å². The molecule has 1 aromatic carbocycles. The number of benzene rings is 1. The molecule has 0 aliphatic carbocycles. The van der Waals surface area contributed by atoms with Crippen molar-refractivity contribution in [2.45, 2.75) is 19.8 Å². The monoisotopic (exact) mass is 192 g/mol. The lowest BCUT2D eigenvalue weighted by Crippen LogP contribution is -2.23. The summed E-state index contributed by atoms with van der Waals surface area (Å²) in [6, 6.07) is 3.65. The number of hydrogen-bond acceptors (Lipinski definition) is 3. The molecule has 0 bridgehead atoms. The van der Waals surface area contributed by atoms with Crippen molar-refractivity contribution in [2.75, 3.05) is 11.6 Å². The van der Waals surface area contributed by atoms with Gasteiger partial charge in [-0.15, -0.1) is 4.91 Å². The molecule has 0 spiro atoms. The minimum absolute atomic E-state index is 0.152. The van der Waals surface area contributed by atoms with Gasteiger partial charge in [-0.05, 0) is 37.0 Å². The maximum absolute atomic E-state index is 10.5. The molecule has 4 heteroatoms. The molecule has 1 aliphatic rings. The van der Waals surface area contributed by atoms with E-state index in [1.165, 1.54) is 5.01 Å². The van der Waals surface area contributed by atoms with Gasteiger partial charge in [0.05, 0.1) is 5.29 Å². The van der Waals surface area contributed by atoms with Crippen LogP contribution in [-0.2, 0) is 6.42 Å². The normalized spacial score (nSPS) is 15.1. The molecule has 0 atom stereocenters. The van der Waals surface area contributed by atoms with Crippen molar-refractivity contribution < 1.29 is 5.11 Å². The molecule has 0 aromatic heterocycles. The zero-order valence-corrected chi connectivity index (χ0v) is 8.03. The number of anilines is 1. The summed E-state index contributed by atoms with van der Waals surface area (Å²) in [4.78, 5) is 10.5. The molecule has 74 valence electrons. The van der Waals surface area contributed by atoms with Crippen molar-refractivity contribution in [3.63, 3.8) is 0 Å². The summed E-state index contributed by atoms with van der Waals surface area (Å²) in [5.74, 6) is 0.152. The molecule has 1 heterocycles. The summed E-state index contributed by atoms with van der Waals surface area (Å²) >= 11 is 0.